The summed E-state index contributed by atoms with van der Waals surface area (Å²) in [7, 11) is 1.64. The van der Waals surface area contributed by atoms with Crippen LogP contribution in [0.1, 0.15) is 49.1 Å². The number of carbonyl (C=O) groups is 1. The SMILES string of the molecule is CC1CC2CC1CC2N=C1OC(=O)C2C3C=CC(c4c3c(O)n(C)c4O)C12. The van der Waals surface area contributed by atoms with E-state index >= 15 is 0 Å². The molecule has 6 aliphatic rings. The quantitative estimate of drug-likeness (QED) is 0.590. The van der Waals surface area contributed by atoms with Gasteiger partial charge in [0.15, 0.2) is 17.7 Å². The number of fused-ring (bicyclic) bond motifs is 2. The lowest BCUT2D eigenvalue weighted by Crippen LogP contribution is -2.37. The molecular weight excluding hydrogens is 344 g/mol. The number of carbonyl (C=O) groups excluding carboxylic acids is 1. The molecule has 0 aromatic carbocycles. The molecule has 0 spiro atoms. The number of aromatic hydroxyl groups is 2. The van der Waals surface area contributed by atoms with Gasteiger partial charge in [0.2, 0.25) is 0 Å². The summed E-state index contributed by atoms with van der Waals surface area (Å²) in [6.07, 6.45) is 7.59. The fourth-order valence-corrected chi connectivity index (χ4v) is 6.64. The van der Waals surface area contributed by atoms with Gasteiger partial charge in [-0.3, -0.25) is 14.4 Å². The van der Waals surface area contributed by atoms with E-state index in [2.05, 4.69) is 6.92 Å². The summed E-state index contributed by atoms with van der Waals surface area (Å²) in [6.45, 7) is 2.33. The second-order valence-corrected chi connectivity index (χ2v) is 9.18. The van der Waals surface area contributed by atoms with Gasteiger partial charge in [0.1, 0.15) is 0 Å². The third-order valence-corrected chi connectivity index (χ3v) is 7.99. The first kappa shape index (κ1) is 15.8. The topological polar surface area (TPSA) is 84.0 Å². The van der Waals surface area contributed by atoms with E-state index in [-0.39, 0.29) is 47.4 Å². The van der Waals surface area contributed by atoms with Crippen LogP contribution in [-0.2, 0) is 16.6 Å². The average Bonchev–Trinajstić information content (AvgIpc) is 3.37. The van der Waals surface area contributed by atoms with Crippen LogP contribution in [0.3, 0.4) is 0 Å². The molecule has 0 amide bonds. The van der Waals surface area contributed by atoms with Crippen molar-refractivity contribution in [3.63, 3.8) is 0 Å². The maximum absolute atomic E-state index is 12.7. The Kier molecular flexibility index (Phi) is 2.91. The highest BCUT2D eigenvalue weighted by atomic mass is 16.6. The van der Waals surface area contributed by atoms with Gasteiger partial charge in [0.25, 0.3) is 0 Å². The van der Waals surface area contributed by atoms with Gasteiger partial charge >= 0.3 is 5.97 Å². The highest BCUT2D eigenvalue weighted by molar-refractivity contribution is 6.02. The Balaban J connectivity index is 1.42. The van der Waals surface area contributed by atoms with E-state index in [9.17, 15) is 15.0 Å². The van der Waals surface area contributed by atoms with Crippen molar-refractivity contribution in [3.8, 4) is 11.8 Å². The summed E-state index contributed by atoms with van der Waals surface area (Å²) in [5.41, 5.74) is 1.41. The molecule has 5 aliphatic carbocycles. The standard InChI is InChI=1S/C21H24N2O4/c1-8-5-10-6-9(8)7-13(10)22-18-14-11-3-4-12(17(14)21(26)27-18)16-15(11)19(24)23(2)20(16)25/h3-4,8-14,17,24-25H,5-7H2,1-2H3. The Morgan fingerprint density at radius 3 is 2.30 bits per heavy atom. The maximum atomic E-state index is 12.7. The van der Waals surface area contributed by atoms with E-state index in [1.54, 1.807) is 7.05 Å². The van der Waals surface area contributed by atoms with Crippen molar-refractivity contribution < 1.29 is 19.7 Å². The van der Waals surface area contributed by atoms with Gasteiger partial charge < -0.3 is 14.9 Å². The molecule has 0 radical (unpaired) electrons. The Morgan fingerprint density at radius 1 is 1.04 bits per heavy atom. The van der Waals surface area contributed by atoms with Crippen LogP contribution in [0.25, 0.3) is 0 Å². The number of aromatic nitrogens is 1. The summed E-state index contributed by atoms with van der Waals surface area (Å²) in [5, 5.41) is 21.0. The molecule has 1 aromatic rings. The molecule has 8 atom stereocenters. The van der Waals surface area contributed by atoms with E-state index in [1.165, 1.54) is 17.4 Å². The van der Waals surface area contributed by atoms with Crippen molar-refractivity contribution in [1.82, 2.24) is 4.57 Å². The Hall–Kier alpha value is -2.24. The highest BCUT2D eigenvalue weighted by Gasteiger charge is 2.58. The van der Waals surface area contributed by atoms with Crippen LogP contribution in [0.5, 0.6) is 11.8 Å². The number of allylic oxidation sites excluding steroid dienone is 2. The van der Waals surface area contributed by atoms with Gasteiger partial charge in [-0.2, -0.15) is 0 Å². The molecule has 2 saturated carbocycles. The number of nitrogens with zero attached hydrogens (tertiary/aromatic N) is 2. The van der Waals surface area contributed by atoms with Crippen molar-refractivity contribution >= 4 is 11.9 Å². The van der Waals surface area contributed by atoms with E-state index < -0.39 is 0 Å². The largest absolute Gasteiger partial charge is 0.494 e. The van der Waals surface area contributed by atoms with Crippen LogP contribution in [0.4, 0.5) is 0 Å². The zero-order valence-electron chi connectivity index (χ0n) is 15.5. The molecule has 1 aliphatic heterocycles. The second kappa shape index (κ2) is 4.97. The van der Waals surface area contributed by atoms with E-state index in [4.69, 9.17) is 9.73 Å². The van der Waals surface area contributed by atoms with Gasteiger partial charge in [0.05, 0.1) is 17.9 Å². The van der Waals surface area contributed by atoms with Crippen LogP contribution in [0.15, 0.2) is 17.1 Å². The first-order valence-corrected chi connectivity index (χ1v) is 10.0. The third-order valence-electron chi connectivity index (χ3n) is 7.99. The molecule has 3 fully saturated rings. The smallest absolute Gasteiger partial charge is 0.317 e. The lowest BCUT2D eigenvalue weighted by atomic mass is 9.61. The molecule has 27 heavy (non-hydrogen) atoms. The number of ether oxygens (including phenoxy) is 1. The molecule has 1 saturated heterocycles. The van der Waals surface area contributed by atoms with Crippen molar-refractivity contribution in [2.45, 2.75) is 44.1 Å². The Labute approximate surface area is 157 Å². The normalized spacial score (nSPS) is 44.8. The lowest BCUT2D eigenvalue weighted by molar-refractivity contribution is -0.137. The summed E-state index contributed by atoms with van der Waals surface area (Å²) < 4.78 is 7.10. The van der Waals surface area contributed by atoms with Crippen molar-refractivity contribution in [1.29, 1.82) is 0 Å². The fourth-order valence-electron chi connectivity index (χ4n) is 6.64. The van der Waals surface area contributed by atoms with Gasteiger partial charge in [0, 0.05) is 30.0 Å². The Bertz CT molecular complexity index is 927. The molecule has 4 bridgehead atoms. The minimum absolute atomic E-state index is 0.0422. The van der Waals surface area contributed by atoms with Crippen LogP contribution in [0.2, 0.25) is 0 Å². The number of esters is 1. The Morgan fingerprint density at radius 2 is 1.70 bits per heavy atom. The summed E-state index contributed by atoms with van der Waals surface area (Å²) in [5.74, 6) is 1.62. The molecule has 2 N–H and O–H groups in total. The minimum atomic E-state index is -0.350. The van der Waals surface area contributed by atoms with Gasteiger partial charge in [-0.05, 0) is 37.0 Å². The molecule has 6 heteroatoms. The first-order valence-electron chi connectivity index (χ1n) is 10.0. The fraction of sp³-hybridized carbons (Fsp3) is 0.619. The third kappa shape index (κ3) is 1.81. The van der Waals surface area contributed by atoms with E-state index in [0.717, 1.165) is 23.8 Å². The average molecular weight is 368 g/mol. The van der Waals surface area contributed by atoms with Crippen LogP contribution in [0, 0.1) is 29.6 Å². The van der Waals surface area contributed by atoms with Crippen molar-refractivity contribution in [2.75, 3.05) is 0 Å². The number of rotatable bonds is 1. The molecule has 142 valence electrons. The molecular formula is C21H24N2O4. The van der Waals surface area contributed by atoms with Gasteiger partial charge in [-0.25, -0.2) is 0 Å². The van der Waals surface area contributed by atoms with Gasteiger partial charge in [-0.15, -0.1) is 0 Å². The molecule has 2 heterocycles. The number of hydrogen-bond acceptors (Lipinski definition) is 5. The van der Waals surface area contributed by atoms with Crippen LogP contribution in [-0.4, -0.2) is 32.7 Å². The van der Waals surface area contributed by atoms with E-state index in [0.29, 0.717) is 17.4 Å². The second-order valence-electron chi connectivity index (χ2n) is 9.18. The van der Waals surface area contributed by atoms with Gasteiger partial charge in [-0.1, -0.05) is 19.1 Å². The summed E-state index contributed by atoms with van der Waals surface area (Å²) in [4.78, 5) is 17.7. The zero-order chi connectivity index (χ0) is 18.6. The predicted octanol–water partition coefficient (Wildman–Crippen LogP) is 2.81. The van der Waals surface area contributed by atoms with Crippen molar-refractivity contribution in [3.05, 3.63) is 23.3 Å². The monoisotopic (exact) mass is 368 g/mol. The molecule has 7 rings (SSSR count). The van der Waals surface area contributed by atoms with Crippen molar-refractivity contribution in [2.24, 2.45) is 41.6 Å². The summed E-state index contributed by atoms with van der Waals surface area (Å²) >= 11 is 0. The highest BCUT2D eigenvalue weighted by Crippen LogP contribution is 2.60. The number of cyclic esters (lactones) is 1. The van der Waals surface area contributed by atoms with Crippen LogP contribution >= 0.6 is 0 Å². The predicted molar refractivity (Wildman–Crippen MR) is 97.7 cm³/mol. The lowest BCUT2D eigenvalue weighted by Gasteiger charge is -2.38. The molecule has 6 nitrogen and oxygen atoms in total. The minimum Gasteiger partial charge on any atom is -0.494 e. The number of hydrogen-bond donors (Lipinski definition) is 2. The van der Waals surface area contributed by atoms with Crippen LogP contribution < -0.4 is 0 Å². The first-order chi connectivity index (χ1) is 13.0. The maximum Gasteiger partial charge on any atom is 0.317 e. The number of aliphatic imine (C=N–C) groups is 1. The zero-order valence-corrected chi connectivity index (χ0v) is 15.5. The van der Waals surface area contributed by atoms with E-state index in [1.807, 2.05) is 12.2 Å². The molecule has 1 aromatic heterocycles. The molecule has 8 unspecified atom stereocenters. The summed E-state index contributed by atoms with van der Waals surface area (Å²) in [6, 6.07) is 0.259.